The molecule has 1 N–H and O–H groups in total. The maximum absolute atomic E-state index is 12.2. The van der Waals surface area contributed by atoms with Crippen LogP contribution in [0.4, 0.5) is 5.69 Å². The molecule has 2 rings (SSSR count). The lowest BCUT2D eigenvalue weighted by atomic mass is 10.2. The Morgan fingerprint density at radius 3 is 2.67 bits per heavy atom. The molecule has 0 saturated carbocycles. The van der Waals surface area contributed by atoms with Crippen LogP contribution in [0.5, 0.6) is 5.75 Å². The lowest BCUT2D eigenvalue weighted by Crippen LogP contribution is -2.21. The van der Waals surface area contributed by atoms with E-state index in [1.165, 1.54) is 0 Å². The van der Waals surface area contributed by atoms with Crippen molar-refractivity contribution in [1.29, 1.82) is 0 Å². The van der Waals surface area contributed by atoms with Gasteiger partial charge in [-0.2, -0.15) is 0 Å². The second kappa shape index (κ2) is 8.98. The summed E-state index contributed by atoms with van der Waals surface area (Å²) in [5, 5.41) is 2.66. The van der Waals surface area contributed by atoms with E-state index in [-0.39, 0.29) is 6.61 Å². The fourth-order valence-electron chi connectivity index (χ4n) is 2.02. The van der Waals surface area contributed by atoms with Gasteiger partial charge in [-0.25, -0.2) is 4.79 Å². The van der Waals surface area contributed by atoms with Crippen LogP contribution in [0.2, 0.25) is 0 Å². The third kappa shape index (κ3) is 5.03. The standard InChI is InChI=1S/C18H19NO4S/c1-3-24-16-10-5-4-9-15(16)18(21)23-12-17(20)19-13-7-6-8-14(11-13)22-2/h4-11H,3,12H2,1-2H3,(H,19,20). The number of esters is 1. The van der Waals surface area contributed by atoms with E-state index in [4.69, 9.17) is 9.47 Å². The molecule has 5 nitrogen and oxygen atoms in total. The van der Waals surface area contributed by atoms with Crippen molar-refractivity contribution in [2.45, 2.75) is 11.8 Å². The van der Waals surface area contributed by atoms with Crippen molar-refractivity contribution < 1.29 is 19.1 Å². The number of benzene rings is 2. The molecule has 0 aliphatic carbocycles. The number of ether oxygens (including phenoxy) is 2. The predicted octanol–water partition coefficient (Wildman–Crippen LogP) is 3.60. The molecule has 0 unspecified atom stereocenters. The van der Waals surface area contributed by atoms with Crippen LogP contribution in [0, 0.1) is 0 Å². The molecule has 126 valence electrons. The number of amides is 1. The van der Waals surface area contributed by atoms with Crippen molar-refractivity contribution in [3.05, 3.63) is 54.1 Å². The summed E-state index contributed by atoms with van der Waals surface area (Å²) in [6, 6.07) is 14.2. The second-order valence-corrected chi connectivity index (χ2v) is 6.09. The highest BCUT2D eigenvalue weighted by Crippen LogP contribution is 2.23. The van der Waals surface area contributed by atoms with Gasteiger partial charge in [-0.15, -0.1) is 11.8 Å². The van der Waals surface area contributed by atoms with Crippen molar-refractivity contribution in [3.63, 3.8) is 0 Å². The molecule has 0 aliphatic heterocycles. The quantitative estimate of drug-likeness (QED) is 0.613. The van der Waals surface area contributed by atoms with Gasteiger partial charge in [0.25, 0.3) is 5.91 Å². The lowest BCUT2D eigenvalue weighted by Gasteiger charge is -2.09. The van der Waals surface area contributed by atoms with E-state index in [0.29, 0.717) is 17.0 Å². The van der Waals surface area contributed by atoms with Gasteiger partial charge in [0.2, 0.25) is 0 Å². The number of hydrogen-bond acceptors (Lipinski definition) is 5. The van der Waals surface area contributed by atoms with Crippen LogP contribution >= 0.6 is 11.8 Å². The molecule has 0 aromatic heterocycles. The highest BCUT2D eigenvalue weighted by molar-refractivity contribution is 7.99. The van der Waals surface area contributed by atoms with E-state index in [1.54, 1.807) is 55.3 Å². The number of anilines is 1. The zero-order chi connectivity index (χ0) is 17.4. The number of hydrogen-bond donors (Lipinski definition) is 1. The highest BCUT2D eigenvalue weighted by Gasteiger charge is 2.14. The molecule has 24 heavy (non-hydrogen) atoms. The summed E-state index contributed by atoms with van der Waals surface area (Å²) in [6.07, 6.45) is 0. The molecule has 0 radical (unpaired) electrons. The van der Waals surface area contributed by atoms with Gasteiger partial charge in [0.1, 0.15) is 5.75 Å². The Kier molecular flexibility index (Phi) is 6.69. The Hall–Kier alpha value is -2.47. The Labute approximate surface area is 145 Å². The van der Waals surface area contributed by atoms with Crippen molar-refractivity contribution in [2.24, 2.45) is 0 Å². The fourth-order valence-corrected chi connectivity index (χ4v) is 2.82. The second-order valence-electron chi connectivity index (χ2n) is 4.79. The summed E-state index contributed by atoms with van der Waals surface area (Å²) in [7, 11) is 1.55. The van der Waals surface area contributed by atoms with E-state index >= 15 is 0 Å². The monoisotopic (exact) mass is 345 g/mol. The largest absolute Gasteiger partial charge is 0.497 e. The zero-order valence-electron chi connectivity index (χ0n) is 13.6. The minimum absolute atomic E-state index is 0.346. The van der Waals surface area contributed by atoms with Gasteiger partial charge in [0, 0.05) is 16.6 Å². The van der Waals surface area contributed by atoms with E-state index in [0.717, 1.165) is 10.6 Å². The number of carbonyl (C=O) groups is 2. The first kappa shape index (κ1) is 17.9. The fraction of sp³-hybridized carbons (Fsp3) is 0.222. The molecule has 0 fully saturated rings. The average Bonchev–Trinajstić information content (AvgIpc) is 2.60. The topological polar surface area (TPSA) is 64.6 Å². The van der Waals surface area contributed by atoms with Gasteiger partial charge in [-0.1, -0.05) is 25.1 Å². The molecule has 6 heteroatoms. The molecule has 0 spiro atoms. The zero-order valence-corrected chi connectivity index (χ0v) is 14.4. The van der Waals surface area contributed by atoms with E-state index in [2.05, 4.69) is 5.32 Å². The van der Waals surface area contributed by atoms with Crippen LogP contribution < -0.4 is 10.1 Å². The van der Waals surface area contributed by atoms with Crippen LogP contribution in [-0.4, -0.2) is 31.3 Å². The Bertz CT molecular complexity index is 718. The maximum Gasteiger partial charge on any atom is 0.339 e. The maximum atomic E-state index is 12.2. The van der Waals surface area contributed by atoms with E-state index in [1.807, 2.05) is 19.1 Å². The average molecular weight is 345 g/mol. The Morgan fingerprint density at radius 1 is 1.12 bits per heavy atom. The summed E-state index contributed by atoms with van der Waals surface area (Å²) in [4.78, 5) is 24.9. The van der Waals surface area contributed by atoms with Gasteiger partial charge in [0.05, 0.1) is 12.7 Å². The molecule has 0 bridgehead atoms. The van der Waals surface area contributed by atoms with Crippen LogP contribution in [-0.2, 0) is 9.53 Å². The number of nitrogens with one attached hydrogen (secondary N) is 1. The number of rotatable bonds is 7. The Morgan fingerprint density at radius 2 is 1.92 bits per heavy atom. The van der Waals surface area contributed by atoms with Gasteiger partial charge in [-0.3, -0.25) is 4.79 Å². The first-order valence-corrected chi connectivity index (χ1v) is 8.45. The molecule has 1 amide bonds. The summed E-state index contributed by atoms with van der Waals surface area (Å²) >= 11 is 1.56. The van der Waals surface area contributed by atoms with E-state index < -0.39 is 11.9 Å². The van der Waals surface area contributed by atoms with Crippen molar-refractivity contribution >= 4 is 29.3 Å². The number of methoxy groups -OCH3 is 1. The van der Waals surface area contributed by atoms with Gasteiger partial charge in [-0.05, 0) is 30.0 Å². The summed E-state index contributed by atoms with van der Waals surface area (Å²) < 4.78 is 10.2. The first-order chi connectivity index (χ1) is 11.6. The van der Waals surface area contributed by atoms with Crippen molar-refractivity contribution in [1.82, 2.24) is 0 Å². The van der Waals surface area contributed by atoms with E-state index in [9.17, 15) is 9.59 Å². The summed E-state index contributed by atoms with van der Waals surface area (Å²) in [5.74, 6) is 0.570. The van der Waals surface area contributed by atoms with Crippen LogP contribution in [0.25, 0.3) is 0 Å². The van der Waals surface area contributed by atoms with Gasteiger partial charge < -0.3 is 14.8 Å². The summed E-state index contributed by atoms with van der Waals surface area (Å²) in [6.45, 7) is 1.66. The van der Waals surface area contributed by atoms with Crippen LogP contribution in [0.1, 0.15) is 17.3 Å². The van der Waals surface area contributed by atoms with Crippen molar-refractivity contribution in [2.75, 3.05) is 24.8 Å². The smallest absolute Gasteiger partial charge is 0.339 e. The molecular formula is C18H19NO4S. The van der Waals surface area contributed by atoms with Crippen molar-refractivity contribution in [3.8, 4) is 5.75 Å². The lowest BCUT2D eigenvalue weighted by molar-refractivity contribution is -0.119. The molecule has 0 atom stereocenters. The minimum Gasteiger partial charge on any atom is -0.497 e. The molecular weight excluding hydrogens is 326 g/mol. The van der Waals surface area contributed by atoms with Crippen LogP contribution in [0.15, 0.2) is 53.4 Å². The number of carbonyl (C=O) groups excluding carboxylic acids is 2. The molecule has 0 heterocycles. The third-order valence-corrected chi connectivity index (χ3v) is 4.05. The van der Waals surface area contributed by atoms with Gasteiger partial charge >= 0.3 is 5.97 Å². The number of thioether (sulfide) groups is 1. The Balaban J connectivity index is 1.92. The van der Waals surface area contributed by atoms with Gasteiger partial charge in [0.15, 0.2) is 6.61 Å². The molecule has 2 aromatic carbocycles. The molecule has 2 aromatic rings. The normalized spacial score (nSPS) is 10.1. The first-order valence-electron chi connectivity index (χ1n) is 7.47. The van der Waals surface area contributed by atoms with Crippen LogP contribution in [0.3, 0.4) is 0 Å². The third-order valence-electron chi connectivity index (χ3n) is 3.09. The summed E-state index contributed by atoms with van der Waals surface area (Å²) in [5.41, 5.74) is 1.05. The highest BCUT2D eigenvalue weighted by atomic mass is 32.2. The SMILES string of the molecule is CCSc1ccccc1C(=O)OCC(=O)Nc1cccc(OC)c1. The molecule has 0 aliphatic rings. The predicted molar refractivity (Wildman–Crippen MR) is 94.7 cm³/mol. The minimum atomic E-state index is -0.507. The molecule has 0 saturated heterocycles.